The van der Waals surface area contributed by atoms with Crippen LogP contribution in [0.2, 0.25) is 0 Å². The minimum atomic E-state index is -0.357. The van der Waals surface area contributed by atoms with E-state index in [1.807, 2.05) is 13.8 Å². The number of hydrogen-bond acceptors (Lipinski definition) is 5. The van der Waals surface area contributed by atoms with E-state index in [0.29, 0.717) is 27.6 Å². The molecule has 2 rings (SSSR count). The topological polar surface area (TPSA) is 88.1 Å². The van der Waals surface area contributed by atoms with Gasteiger partial charge in [-0.3, -0.25) is 4.79 Å². The van der Waals surface area contributed by atoms with E-state index < -0.39 is 0 Å². The number of hydrogen-bond donors (Lipinski definition) is 2. The van der Waals surface area contributed by atoms with Gasteiger partial charge in [-0.2, -0.15) is 5.26 Å². The van der Waals surface area contributed by atoms with Gasteiger partial charge in [0, 0.05) is 10.6 Å². The number of thiophene rings is 1. The molecule has 0 unspecified atom stereocenters. The predicted octanol–water partition coefficient (Wildman–Crippen LogP) is 3.08. The minimum Gasteiger partial charge on any atom is -0.497 e. The van der Waals surface area contributed by atoms with Crippen molar-refractivity contribution >= 4 is 27.9 Å². The maximum atomic E-state index is 12.3. The largest absolute Gasteiger partial charge is 0.497 e. The quantitative estimate of drug-likeness (QED) is 0.853. The molecular formula is C15H15N3O2S. The molecule has 1 amide bonds. The molecule has 108 valence electrons. The van der Waals surface area contributed by atoms with Crippen LogP contribution in [0.1, 0.15) is 26.4 Å². The SMILES string of the molecule is COc1ccc(N)c(C(=O)Nc2sc(C)c(C)c2C#N)c1. The maximum Gasteiger partial charge on any atom is 0.258 e. The standard InChI is InChI=1S/C15H15N3O2S/c1-8-9(2)21-15(12(8)7-16)18-14(19)11-6-10(20-3)4-5-13(11)17/h4-6H,17H2,1-3H3,(H,18,19). The number of carbonyl (C=O) groups excluding carboxylic acids is 1. The lowest BCUT2D eigenvalue weighted by molar-refractivity contribution is 0.102. The number of nitrogens with zero attached hydrogens (tertiary/aromatic N) is 1. The summed E-state index contributed by atoms with van der Waals surface area (Å²) in [5.41, 5.74) is 7.88. The molecule has 5 nitrogen and oxygen atoms in total. The molecule has 1 aromatic carbocycles. The van der Waals surface area contributed by atoms with Gasteiger partial charge in [0.1, 0.15) is 16.8 Å². The molecule has 1 heterocycles. The van der Waals surface area contributed by atoms with Crippen LogP contribution in [0, 0.1) is 25.2 Å². The molecule has 0 saturated heterocycles. The Balaban J connectivity index is 2.35. The van der Waals surface area contributed by atoms with Crippen LogP contribution in [0.4, 0.5) is 10.7 Å². The number of nitrogen functional groups attached to an aromatic ring is 1. The van der Waals surface area contributed by atoms with Crippen LogP contribution in [0.15, 0.2) is 18.2 Å². The van der Waals surface area contributed by atoms with Crippen LogP contribution >= 0.6 is 11.3 Å². The second-order valence-electron chi connectivity index (χ2n) is 4.51. The van der Waals surface area contributed by atoms with Crippen molar-refractivity contribution in [1.29, 1.82) is 5.26 Å². The molecule has 0 aliphatic heterocycles. The third kappa shape index (κ3) is 2.83. The van der Waals surface area contributed by atoms with Crippen molar-refractivity contribution < 1.29 is 9.53 Å². The van der Waals surface area contributed by atoms with E-state index in [1.54, 1.807) is 18.2 Å². The fourth-order valence-corrected chi connectivity index (χ4v) is 2.88. The highest BCUT2D eigenvalue weighted by Gasteiger charge is 2.17. The van der Waals surface area contributed by atoms with Crippen LogP contribution in [-0.2, 0) is 0 Å². The molecule has 1 aromatic heterocycles. The lowest BCUT2D eigenvalue weighted by atomic mass is 10.1. The second-order valence-corrected chi connectivity index (χ2v) is 5.73. The highest BCUT2D eigenvalue weighted by molar-refractivity contribution is 7.16. The number of anilines is 2. The number of aryl methyl sites for hydroxylation is 1. The van der Waals surface area contributed by atoms with E-state index in [1.165, 1.54) is 18.4 Å². The van der Waals surface area contributed by atoms with Gasteiger partial charge in [0.2, 0.25) is 0 Å². The van der Waals surface area contributed by atoms with Crippen molar-refractivity contribution in [3.63, 3.8) is 0 Å². The Labute approximate surface area is 127 Å². The van der Waals surface area contributed by atoms with Crippen molar-refractivity contribution in [2.75, 3.05) is 18.2 Å². The summed E-state index contributed by atoms with van der Waals surface area (Å²) in [7, 11) is 1.52. The van der Waals surface area contributed by atoms with Gasteiger partial charge in [-0.25, -0.2) is 0 Å². The van der Waals surface area contributed by atoms with Crippen molar-refractivity contribution in [3.05, 3.63) is 39.8 Å². The molecule has 0 aliphatic rings. The van der Waals surface area contributed by atoms with E-state index in [0.717, 1.165) is 10.4 Å². The molecule has 0 saturated carbocycles. The van der Waals surface area contributed by atoms with E-state index in [9.17, 15) is 10.1 Å². The first-order chi connectivity index (χ1) is 9.97. The van der Waals surface area contributed by atoms with Crippen molar-refractivity contribution in [2.24, 2.45) is 0 Å². The van der Waals surface area contributed by atoms with Crippen LogP contribution < -0.4 is 15.8 Å². The molecule has 2 aromatic rings. The normalized spacial score (nSPS) is 10.0. The van der Waals surface area contributed by atoms with E-state index >= 15 is 0 Å². The number of benzene rings is 1. The molecule has 0 bridgehead atoms. The average molecular weight is 301 g/mol. The number of ether oxygens (including phenoxy) is 1. The van der Waals surface area contributed by atoms with Crippen LogP contribution in [0.25, 0.3) is 0 Å². The number of nitrogens with one attached hydrogen (secondary N) is 1. The highest BCUT2D eigenvalue weighted by atomic mass is 32.1. The number of amides is 1. The van der Waals surface area contributed by atoms with E-state index in [-0.39, 0.29) is 5.91 Å². The monoisotopic (exact) mass is 301 g/mol. The maximum absolute atomic E-state index is 12.3. The summed E-state index contributed by atoms with van der Waals surface area (Å²) in [6, 6.07) is 6.99. The Kier molecular flexibility index (Phi) is 4.15. The Morgan fingerprint density at radius 2 is 2.14 bits per heavy atom. The van der Waals surface area contributed by atoms with Gasteiger partial charge in [-0.05, 0) is 37.6 Å². The first-order valence-electron chi connectivity index (χ1n) is 6.23. The van der Waals surface area contributed by atoms with E-state index in [4.69, 9.17) is 10.5 Å². The fourth-order valence-electron chi connectivity index (χ4n) is 1.88. The molecule has 0 fully saturated rings. The molecule has 0 atom stereocenters. The lowest BCUT2D eigenvalue weighted by Gasteiger charge is -2.08. The first-order valence-corrected chi connectivity index (χ1v) is 7.04. The molecule has 0 aliphatic carbocycles. The number of nitrogens with two attached hydrogens (primary N) is 1. The summed E-state index contributed by atoms with van der Waals surface area (Å²) in [6.45, 7) is 3.77. The molecule has 6 heteroatoms. The third-order valence-corrected chi connectivity index (χ3v) is 4.35. The summed E-state index contributed by atoms with van der Waals surface area (Å²) >= 11 is 1.38. The van der Waals surface area contributed by atoms with Gasteiger partial charge in [-0.1, -0.05) is 0 Å². The van der Waals surface area contributed by atoms with Crippen LogP contribution in [0.3, 0.4) is 0 Å². The van der Waals surface area contributed by atoms with Gasteiger partial charge < -0.3 is 15.8 Å². The highest BCUT2D eigenvalue weighted by Crippen LogP contribution is 2.32. The van der Waals surface area contributed by atoms with Gasteiger partial charge in [-0.15, -0.1) is 11.3 Å². The average Bonchev–Trinajstić information content (AvgIpc) is 2.73. The summed E-state index contributed by atoms with van der Waals surface area (Å²) in [5.74, 6) is 0.192. The predicted molar refractivity (Wildman–Crippen MR) is 83.9 cm³/mol. The van der Waals surface area contributed by atoms with E-state index in [2.05, 4.69) is 11.4 Å². The first kappa shape index (κ1) is 14.9. The van der Waals surface area contributed by atoms with Gasteiger partial charge >= 0.3 is 0 Å². The van der Waals surface area contributed by atoms with Gasteiger partial charge in [0.15, 0.2) is 0 Å². The zero-order chi connectivity index (χ0) is 15.6. The minimum absolute atomic E-state index is 0.321. The fraction of sp³-hybridized carbons (Fsp3) is 0.200. The van der Waals surface area contributed by atoms with Crippen molar-refractivity contribution in [3.8, 4) is 11.8 Å². The zero-order valence-corrected chi connectivity index (χ0v) is 12.8. The lowest BCUT2D eigenvalue weighted by Crippen LogP contribution is -2.14. The van der Waals surface area contributed by atoms with Crippen LogP contribution in [-0.4, -0.2) is 13.0 Å². The molecule has 3 N–H and O–H groups in total. The number of nitriles is 1. The van der Waals surface area contributed by atoms with Crippen molar-refractivity contribution in [2.45, 2.75) is 13.8 Å². The summed E-state index contributed by atoms with van der Waals surface area (Å²) in [6.07, 6.45) is 0. The van der Waals surface area contributed by atoms with Crippen molar-refractivity contribution in [1.82, 2.24) is 0 Å². The molecule has 0 radical (unpaired) electrons. The molecule has 21 heavy (non-hydrogen) atoms. The second kappa shape index (κ2) is 5.85. The Bertz CT molecular complexity index is 744. The smallest absolute Gasteiger partial charge is 0.258 e. The van der Waals surface area contributed by atoms with Crippen LogP contribution in [0.5, 0.6) is 5.75 Å². The van der Waals surface area contributed by atoms with Gasteiger partial charge in [0.25, 0.3) is 5.91 Å². The number of methoxy groups -OCH3 is 1. The summed E-state index contributed by atoms with van der Waals surface area (Å²) in [5, 5.41) is 12.5. The summed E-state index contributed by atoms with van der Waals surface area (Å²) in [4.78, 5) is 13.3. The number of carbonyl (C=O) groups is 1. The summed E-state index contributed by atoms with van der Waals surface area (Å²) < 4.78 is 5.09. The third-order valence-electron chi connectivity index (χ3n) is 3.23. The van der Waals surface area contributed by atoms with Gasteiger partial charge in [0.05, 0.1) is 18.2 Å². The molecule has 0 spiro atoms. The Hall–Kier alpha value is -2.52. The molecular weight excluding hydrogens is 286 g/mol. The number of rotatable bonds is 3. The Morgan fingerprint density at radius 3 is 2.76 bits per heavy atom. The Morgan fingerprint density at radius 1 is 1.43 bits per heavy atom. The zero-order valence-electron chi connectivity index (χ0n) is 12.0.